The van der Waals surface area contributed by atoms with Crippen molar-refractivity contribution in [1.29, 1.82) is 0 Å². The van der Waals surface area contributed by atoms with Crippen LogP contribution in [0, 0.1) is 0 Å². The molecule has 1 atom stereocenters. The summed E-state index contributed by atoms with van der Waals surface area (Å²) >= 11 is 12.0. The highest BCUT2D eigenvalue weighted by molar-refractivity contribution is 6.35. The zero-order chi connectivity index (χ0) is 13.8. The normalized spacial score (nSPS) is 17.4. The van der Waals surface area contributed by atoms with Crippen molar-refractivity contribution in [3.63, 3.8) is 0 Å². The van der Waals surface area contributed by atoms with Crippen LogP contribution in [-0.2, 0) is 4.79 Å². The number of hydrogen-bond acceptors (Lipinski definition) is 1. The minimum atomic E-state index is -0.0979. The average Bonchev–Trinajstić information content (AvgIpc) is 2.81. The highest BCUT2D eigenvalue weighted by atomic mass is 35.5. The van der Waals surface area contributed by atoms with Gasteiger partial charge in [0.05, 0.1) is 19.1 Å². The molecular formula is C14H19Cl2N2O+. The third kappa shape index (κ3) is 4.10. The molecule has 1 saturated heterocycles. The van der Waals surface area contributed by atoms with Crippen molar-refractivity contribution in [2.45, 2.75) is 25.8 Å². The van der Waals surface area contributed by atoms with E-state index in [4.69, 9.17) is 23.2 Å². The first-order valence-corrected chi connectivity index (χ1v) is 7.39. The van der Waals surface area contributed by atoms with Gasteiger partial charge in [-0.1, -0.05) is 29.3 Å². The van der Waals surface area contributed by atoms with Gasteiger partial charge >= 0.3 is 0 Å². The third-order valence-corrected chi connectivity index (χ3v) is 4.09. The van der Waals surface area contributed by atoms with Crippen molar-refractivity contribution in [3.05, 3.63) is 33.8 Å². The van der Waals surface area contributed by atoms with Crippen LogP contribution in [0.3, 0.4) is 0 Å². The number of amides is 1. The average molecular weight is 302 g/mol. The molecule has 1 heterocycles. The van der Waals surface area contributed by atoms with Gasteiger partial charge in [-0.25, -0.2) is 0 Å². The molecule has 1 aromatic carbocycles. The van der Waals surface area contributed by atoms with E-state index in [1.807, 2.05) is 13.0 Å². The zero-order valence-corrected chi connectivity index (χ0v) is 12.5. The second-order valence-electron chi connectivity index (χ2n) is 5.09. The highest BCUT2D eigenvalue weighted by Gasteiger charge is 2.20. The van der Waals surface area contributed by atoms with Crippen LogP contribution >= 0.6 is 23.2 Å². The Labute approximate surface area is 123 Å². The summed E-state index contributed by atoms with van der Waals surface area (Å²) in [6.07, 6.45) is 2.45. The summed E-state index contributed by atoms with van der Waals surface area (Å²) in [7, 11) is 0. The molecule has 5 heteroatoms. The molecular weight excluding hydrogens is 283 g/mol. The third-order valence-electron chi connectivity index (χ3n) is 3.53. The Balaban J connectivity index is 1.92. The summed E-state index contributed by atoms with van der Waals surface area (Å²) in [5.41, 5.74) is 0.899. The number of hydrogen-bond donors (Lipinski definition) is 2. The van der Waals surface area contributed by atoms with Crippen molar-refractivity contribution in [1.82, 2.24) is 5.32 Å². The Morgan fingerprint density at radius 1 is 1.37 bits per heavy atom. The Hall–Kier alpha value is -0.770. The number of carbonyl (C=O) groups excluding carboxylic acids is 1. The van der Waals surface area contributed by atoms with Gasteiger partial charge in [-0.15, -0.1) is 0 Å². The molecule has 1 aromatic rings. The first kappa shape index (κ1) is 14.6. The summed E-state index contributed by atoms with van der Waals surface area (Å²) in [6, 6.07) is 5.25. The monoisotopic (exact) mass is 301 g/mol. The summed E-state index contributed by atoms with van der Waals surface area (Å²) in [5.74, 6) is 0.0791. The molecule has 1 amide bonds. The van der Waals surface area contributed by atoms with E-state index in [0.717, 1.165) is 18.7 Å². The topological polar surface area (TPSA) is 33.5 Å². The molecule has 1 aliphatic rings. The molecule has 0 bridgehead atoms. The van der Waals surface area contributed by atoms with Gasteiger partial charge in [0.2, 0.25) is 0 Å². The van der Waals surface area contributed by atoms with E-state index in [2.05, 4.69) is 5.32 Å². The van der Waals surface area contributed by atoms with Gasteiger partial charge < -0.3 is 10.2 Å². The van der Waals surface area contributed by atoms with Crippen LogP contribution in [0.5, 0.6) is 0 Å². The maximum Gasteiger partial charge on any atom is 0.275 e. The van der Waals surface area contributed by atoms with Crippen LogP contribution in [-0.4, -0.2) is 25.5 Å². The number of nitrogens with one attached hydrogen (secondary N) is 2. The maximum atomic E-state index is 12.0. The van der Waals surface area contributed by atoms with Gasteiger partial charge in [0, 0.05) is 22.9 Å². The fourth-order valence-corrected chi connectivity index (χ4v) is 3.07. The second-order valence-corrected chi connectivity index (χ2v) is 5.93. The van der Waals surface area contributed by atoms with Gasteiger partial charge in [-0.05, 0) is 24.6 Å². The molecule has 19 heavy (non-hydrogen) atoms. The van der Waals surface area contributed by atoms with Gasteiger partial charge in [0.1, 0.15) is 0 Å². The number of likely N-dealkylation sites (tertiary alicyclic amines) is 1. The quantitative estimate of drug-likeness (QED) is 0.874. The molecule has 2 rings (SSSR count). The van der Waals surface area contributed by atoms with E-state index in [9.17, 15) is 4.79 Å². The maximum absolute atomic E-state index is 12.0. The van der Waals surface area contributed by atoms with E-state index in [1.54, 1.807) is 12.1 Å². The minimum Gasteiger partial charge on any atom is -0.345 e. The molecule has 3 nitrogen and oxygen atoms in total. The summed E-state index contributed by atoms with van der Waals surface area (Å²) in [6.45, 7) is 4.69. The van der Waals surface area contributed by atoms with Crippen LogP contribution in [0.25, 0.3) is 0 Å². The lowest BCUT2D eigenvalue weighted by atomic mass is 10.1. The highest BCUT2D eigenvalue weighted by Crippen LogP contribution is 2.25. The fourth-order valence-electron chi connectivity index (χ4n) is 2.50. The molecule has 0 spiro atoms. The summed E-state index contributed by atoms with van der Waals surface area (Å²) < 4.78 is 0. The zero-order valence-electron chi connectivity index (χ0n) is 11.0. The van der Waals surface area contributed by atoms with Crippen LogP contribution < -0.4 is 10.2 Å². The molecule has 0 aliphatic carbocycles. The predicted molar refractivity (Wildman–Crippen MR) is 77.8 cm³/mol. The second kappa shape index (κ2) is 6.60. The van der Waals surface area contributed by atoms with Gasteiger partial charge in [0.15, 0.2) is 6.54 Å². The minimum absolute atomic E-state index is 0.0791. The Bertz CT molecular complexity index is 459. The predicted octanol–water partition coefficient (Wildman–Crippen LogP) is 1.85. The smallest absolute Gasteiger partial charge is 0.275 e. The SMILES string of the molecule is C[C@H](NC(=O)C[NH+]1CCCC1)c1ccc(Cl)cc1Cl. The number of halogens is 2. The van der Waals surface area contributed by atoms with Crippen molar-refractivity contribution in [2.24, 2.45) is 0 Å². The number of benzene rings is 1. The Morgan fingerprint density at radius 2 is 2.05 bits per heavy atom. The van der Waals surface area contributed by atoms with Crippen LogP contribution in [0.15, 0.2) is 18.2 Å². The van der Waals surface area contributed by atoms with Crippen LogP contribution in [0.1, 0.15) is 31.4 Å². The molecule has 0 aromatic heterocycles. The first-order valence-electron chi connectivity index (χ1n) is 6.64. The molecule has 0 radical (unpaired) electrons. The van der Waals surface area contributed by atoms with E-state index in [0.29, 0.717) is 16.6 Å². The Morgan fingerprint density at radius 3 is 2.68 bits per heavy atom. The van der Waals surface area contributed by atoms with Gasteiger partial charge in [-0.3, -0.25) is 4.79 Å². The number of quaternary nitrogens is 1. The van der Waals surface area contributed by atoms with Gasteiger partial charge in [-0.2, -0.15) is 0 Å². The van der Waals surface area contributed by atoms with Crippen LogP contribution in [0.2, 0.25) is 10.0 Å². The largest absolute Gasteiger partial charge is 0.345 e. The van der Waals surface area contributed by atoms with Crippen LogP contribution in [0.4, 0.5) is 0 Å². The van der Waals surface area contributed by atoms with Gasteiger partial charge in [0.25, 0.3) is 5.91 Å². The lowest BCUT2D eigenvalue weighted by Crippen LogP contribution is -3.11. The lowest BCUT2D eigenvalue weighted by Gasteiger charge is -2.17. The van der Waals surface area contributed by atoms with Crippen molar-refractivity contribution in [2.75, 3.05) is 19.6 Å². The van der Waals surface area contributed by atoms with E-state index in [1.165, 1.54) is 17.7 Å². The standard InChI is InChI=1S/C14H18Cl2N2O/c1-10(12-5-4-11(15)8-13(12)16)17-14(19)9-18-6-2-3-7-18/h4-5,8,10H,2-3,6-7,9H2,1H3,(H,17,19)/p+1/t10-/m0/s1. The van der Waals surface area contributed by atoms with Crippen molar-refractivity contribution >= 4 is 29.1 Å². The van der Waals surface area contributed by atoms with Crippen molar-refractivity contribution in [3.8, 4) is 0 Å². The summed E-state index contributed by atoms with van der Waals surface area (Å²) in [4.78, 5) is 13.3. The molecule has 1 fully saturated rings. The molecule has 1 aliphatic heterocycles. The van der Waals surface area contributed by atoms with E-state index >= 15 is 0 Å². The first-order chi connectivity index (χ1) is 9.06. The molecule has 0 unspecified atom stereocenters. The number of rotatable bonds is 4. The molecule has 2 N–H and O–H groups in total. The fraction of sp³-hybridized carbons (Fsp3) is 0.500. The van der Waals surface area contributed by atoms with E-state index < -0.39 is 0 Å². The molecule has 104 valence electrons. The lowest BCUT2D eigenvalue weighted by molar-refractivity contribution is -0.879. The summed E-state index contributed by atoms with van der Waals surface area (Å²) in [5, 5.41) is 4.19. The van der Waals surface area contributed by atoms with Crippen molar-refractivity contribution < 1.29 is 9.69 Å². The molecule has 0 saturated carbocycles. The van der Waals surface area contributed by atoms with E-state index in [-0.39, 0.29) is 11.9 Å². The Kier molecular flexibility index (Phi) is 5.08. The number of carbonyl (C=O) groups is 1.